The van der Waals surface area contributed by atoms with Crippen molar-refractivity contribution in [2.75, 3.05) is 5.32 Å². The zero-order valence-corrected chi connectivity index (χ0v) is 9.22. The standard InChI is InChI=1S/C12H14F3NO/c13-9-5-11(15)12(6-10(9)14)16-7-1-3-8(17)4-2-7/h5-8,16-17H,1-4H2. The second-order valence-electron chi connectivity index (χ2n) is 4.40. The van der Waals surface area contributed by atoms with Crippen LogP contribution in [-0.2, 0) is 0 Å². The van der Waals surface area contributed by atoms with E-state index in [1.165, 1.54) is 0 Å². The highest BCUT2D eigenvalue weighted by Gasteiger charge is 2.20. The normalized spacial score (nSPS) is 24.7. The largest absolute Gasteiger partial charge is 0.393 e. The summed E-state index contributed by atoms with van der Waals surface area (Å²) in [7, 11) is 0. The smallest absolute Gasteiger partial charge is 0.161 e. The fourth-order valence-corrected chi connectivity index (χ4v) is 2.07. The molecule has 0 amide bonds. The Balaban J connectivity index is 2.06. The number of aliphatic hydroxyl groups is 1. The lowest BCUT2D eigenvalue weighted by molar-refractivity contribution is 0.126. The Labute approximate surface area is 97.5 Å². The Morgan fingerprint density at radius 1 is 0.941 bits per heavy atom. The van der Waals surface area contributed by atoms with Crippen LogP contribution in [0.25, 0.3) is 0 Å². The summed E-state index contributed by atoms with van der Waals surface area (Å²) in [6, 6.07) is 1.36. The van der Waals surface area contributed by atoms with Gasteiger partial charge in [0.1, 0.15) is 5.82 Å². The van der Waals surface area contributed by atoms with E-state index < -0.39 is 17.5 Å². The zero-order chi connectivity index (χ0) is 12.4. The van der Waals surface area contributed by atoms with E-state index in [2.05, 4.69) is 5.32 Å². The molecule has 0 saturated heterocycles. The van der Waals surface area contributed by atoms with Gasteiger partial charge in [0.25, 0.3) is 0 Å². The molecule has 1 aromatic carbocycles. The van der Waals surface area contributed by atoms with Gasteiger partial charge in [-0.3, -0.25) is 0 Å². The number of hydrogen-bond donors (Lipinski definition) is 2. The summed E-state index contributed by atoms with van der Waals surface area (Å²) >= 11 is 0. The summed E-state index contributed by atoms with van der Waals surface area (Å²) < 4.78 is 39.0. The van der Waals surface area contributed by atoms with Gasteiger partial charge in [0.2, 0.25) is 0 Å². The van der Waals surface area contributed by atoms with E-state index in [0.29, 0.717) is 31.7 Å². The molecule has 1 aliphatic carbocycles. The van der Waals surface area contributed by atoms with Crippen molar-refractivity contribution in [3.8, 4) is 0 Å². The van der Waals surface area contributed by atoms with E-state index in [1.54, 1.807) is 0 Å². The predicted octanol–water partition coefficient (Wildman–Crippen LogP) is 2.82. The van der Waals surface area contributed by atoms with Crippen molar-refractivity contribution in [3.05, 3.63) is 29.6 Å². The van der Waals surface area contributed by atoms with Crippen molar-refractivity contribution in [2.24, 2.45) is 0 Å². The fraction of sp³-hybridized carbons (Fsp3) is 0.500. The van der Waals surface area contributed by atoms with Gasteiger partial charge in [-0.1, -0.05) is 0 Å². The fourth-order valence-electron chi connectivity index (χ4n) is 2.07. The van der Waals surface area contributed by atoms with Gasteiger partial charge < -0.3 is 10.4 Å². The topological polar surface area (TPSA) is 32.3 Å². The minimum Gasteiger partial charge on any atom is -0.393 e. The second-order valence-corrected chi connectivity index (χ2v) is 4.40. The molecule has 0 spiro atoms. The molecule has 0 aromatic heterocycles. The maximum absolute atomic E-state index is 13.3. The van der Waals surface area contributed by atoms with Crippen LogP contribution in [0, 0.1) is 17.5 Å². The van der Waals surface area contributed by atoms with Crippen LogP contribution in [0.15, 0.2) is 12.1 Å². The van der Waals surface area contributed by atoms with Crippen LogP contribution in [0.3, 0.4) is 0 Å². The number of benzene rings is 1. The molecule has 0 heterocycles. The molecular weight excluding hydrogens is 231 g/mol. The summed E-state index contributed by atoms with van der Waals surface area (Å²) in [6.07, 6.45) is 2.37. The van der Waals surface area contributed by atoms with Gasteiger partial charge in [-0.05, 0) is 25.7 Å². The third kappa shape index (κ3) is 2.91. The highest BCUT2D eigenvalue weighted by molar-refractivity contribution is 5.46. The molecule has 5 heteroatoms. The van der Waals surface area contributed by atoms with Crippen LogP contribution in [0.2, 0.25) is 0 Å². The van der Waals surface area contributed by atoms with Crippen LogP contribution >= 0.6 is 0 Å². The first kappa shape index (κ1) is 12.2. The molecule has 0 unspecified atom stereocenters. The van der Waals surface area contributed by atoms with E-state index in [1.807, 2.05) is 0 Å². The van der Waals surface area contributed by atoms with Gasteiger partial charge in [0.15, 0.2) is 11.6 Å². The molecule has 0 bridgehead atoms. The molecule has 0 aliphatic heterocycles. The van der Waals surface area contributed by atoms with Crippen molar-refractivity contribution in [1.29, 1.82) is 0 Å². The van der Waals surface area contributed by atoms with Gasteiger partial charge in [0.05, 0.1) is 11.8 Å². The van der Waals surface area contributed by atoms with Crippen LogP contribution in [0.1, 0.15) is 25.7 Å². The third-order valence-corrected chi connectivity index (χ3v) is 3.07. The van der Waals surface area contributed by atoms with Crippen LogP contribution < -0.4 is 5.32 Å². The Kier molecular flexibility index (Phi) is 3.57. The lowest BCUT2D eigenvalue weighted by Gasteiger charge is -2.27. The van der Waals surface area contributed by atoms with Gasteiger partial charge in [-0.2, -0.15) is 0 Å². The molecule has 2 nitrogen and oxygen atoms in total. The van der Waals surface area contributed by atoms with Gasteiger partial charge in [-0.25, -0.2) is 13.2 Å². The van der Waals surface area contributed by atoms with E-state index in [9.17, 15) is 18.3 Å². The molecule has 17 heavy (non-hydrogen) atoms. The molecule has 1 saturated carbocycles. The Morgan fingerprint density at radius 2 is 1.53 bits per heavy atom. The Morgan fingerprint density at radius 3 is 2.18 bits per heavy atom. The number of halogens is 3. The maximum atomic E-state index is 13.3. The molecule has 1 aromatic rings. The van der Waals surface area contributed by atoms with Crippen molar-refractivity contribution >= 4 is 5.69 Å². The summed E-state index contributed by atoms with van der Waals surface area (Å²) in [5.41, 5.74) is -0.0229. The van der Waals surface area contributed by atoms with Gasteiger partial charge >= 0.3 is 0 Å². The quantitative estimate of drug-likeness (QED) is 0.785. The average molecular weight is 245 g/mol. The highest BCUT2D eigenvalue weighted by atomic mass is 19.2. The Bertz CT molecular complexity index is 403. The van der Waals surface area contributed by atoms with Crippen molar-refractivity contribution in [2.45, 2.75) is 37.8 Å². The number of rotatable bonds is 2. The van der Waals surface area contributed by atoms with E-state index in [4.69, 9.17) is 0 Å². The maximum Gasteiger partial charge on any atom is 0.161 e. The molecular formula is C12H14F3NO. The minimum atomic E-state index is -1.19. The summed E-state index contributed by atoms with van der Waals surface area (Å²) in [5.74, 6) is -3.05. The first-order valence-electron chi connectivity index (χ1n) is 5.65. The van der Waals surface area contributed by atoms with E-state index in [0.717, 1.165) is 6.07 Å². The third-order valence-electron chi connectivity index (χ3n) is 3.07. The monoisotopic (exact) mass is 245 g/mol. The number of anilines is 1. The SMILES string of the molecule is OC1CCC(Nc2cc(F)c(F)cc2F)CC1. The van der Waals surface area contributed by atoms with Crippen molar-refractivity contribution in [1.82, 2.24) is 0 Å². The highest BCUT2D eigenvalue weighted by Crippen LogP contribution is 2.25. The van der Waals surface area contributed by atoms with Crippen molar-refractivity contribution in [3.63, 3.8) is 0 Å². The Hall–Kier alpha value is -1.23. The van der Waals surface area contributed by atoms with Crippen molar-refractivity contribution < 1.29 is 18.3 Å². The van der Waals surface area contributed by atoms with Crippen LogP contribution in [0.5, 0.6) is 0 Å². The molecule has 0 radical (unpaired) electrons. The second kappa shape index (κ2) is 4.96. The first-order valence-corrected chi connectivity index (χ1v) is 5.65. The zero-order valence-electron chi connectivity index (χ0n) is 9.22. The number of nitrogens with one attached hydrogen (secondary N) is 1. The lowest BCUT2D eigenvalue weighted by Crippen LogP contribution is -2.28. The summed E-state index contributed by atoms with van der Waals surface area (Å²) in [4.78, 5) is 0. The first-order chi connectivity index (χ1) is 8.06. The summed E-state index contributed by atoms with van der Waals surface area (Å²) in [5, 5.41) is 12.2. The molecule has 2 N–H and O–H groups in total. The minimum absolute atomic E-state index is 0.00207. The lowest BCUT2D eigenvalue weighted by atomic mass is 9.93. The van der Waals surface area contributed by atoms with E-state index in [-0.39, 0.29) is 17.8 Å². The molecule has 1 aliphatic rings. The molecule has 94 valence electrons. The average Bonchev–Trinajstić information content (AvgIpc) is 2.29. The van der Waals surface area contributed by atoms with E-state index >= 15 is 0 Å². The van der Waals surface area contributed by atoms with Crippen LogP contribution in [0.4, 0.5) is 18.9 Å². The predicted molar refractivity (Wildman–Crippen MR) is 58.2 cm³/mol. The van der Waals surface area contributed by atoms with Crippen LogP contribution in [-0.4, -0.2) is 17.3 Å². The summed E-state index contributed by atoms with van der Waals surface area (Å²) in [6.45, 7) is 0. The van der Waals surface area contributed by atoms with Gasteiger partial charge in [0, 0.05) is 18.2 Å². The molecule has 1 fully saturated rings. The molecule has 2 rings (SSSR count). The van der Waals surface area contributed by atoms with Gasteiger partial charge in [-0.15, -0.1) is 0 Å². The molecule has 0 atom stereocenters. The number of aliphatic hydroxyl groups excluding tert-OH is 1. The number of hydrogen-bond acceptors (Lipinski definition) is 2.